The third-order valence-corrected chi connectivity index (χ3v) is 2.20. The molecular formula is C8H11N3O2. The number of piperidine rings is 1. The number of aromatic nitrogens is 2. The van der Waals surface area contributed by atoms with Crippen LogP contribution in [0.4, 0.5) is 0 Å². The first-order valence-corrected chi connectivity index (χ1v) is 4.39. The summed E-state index contributed by atoms with van der Waals surface area (Å²) < 4.78 is 5.14. The van der Waals surface area contributed by atoms with E-state index in [4.69, 9.17) is 4.42 Å². The van der Waals surface area contributed by atoms with Gasteiger partial charge in [-0.25, -0.2) is 0 Å². The molecule has 5 heteroatoms. The molecule has 2 heterocycles. The molecule has 1 fully saturated rings. The summed E-state index contributed by atoms with van der Waals surface area (Å²) in [5, 5.41) is 10.7. The monoisotopic (exact) mass is 181 g/mol. The van der Waals surface area contributed by atoms with Gasteiger partial charge in [0.25, 0.3) is 5.89 Å². The molecule has 1 unspecified atom stereocenters. The number of hydrogen-bond acceptors (Lipinski definition) is 5. The Kier molecular flexibility index (Phi) is 2.35. The van der Waals surface area contributed by atoms with Gasteiger partial charge in [-0.1, -0.05) is 0 Å². The van der Waals surface area contributed by atoms with Gasteiger partial charge in [0.15, 0.2) is 0 Å². The molecule has 1 saturated heterocycles. The van der Waals surface area contributed by atoms with Gasteiger partial charge in [-0.15, -0.1) is 10.2 Å². The van der Waals surface area contributed by atoms with Crippen LogP contribution >= 0.6 is 0 Å². The summed E-state index contributed by atoms with van der Waals surface area (Å²) in [6.45, 7) is 1.91. The van der Waals surface area contributed by atoms with Gasteiger partial charge in [-0.2, -0.15) is 0 Å². The van der Waals surface area contributed by atoms with Gasteiger partial charge in [0.2, 0.25) is 12.2 Å². The van der Waals surface area contributed by atoms with Crippen LogP contribution in [0.3, 0.4) is 0 Å². The van der Waals surface area contributed by atoms with E-state index in [1.54, 1.807) is 0 Å². The Bertz CT molecular complexity index is 291. The standard InChI is InChI=1S/C8H11N3O2/c12-5-7-10-11-8(13-7)6-2-1-3-9-4-6/h5-6,9H,1-4H2. The molecule has 0 radical (unpaired) electrons. The normalized spacial score (nSPS) is 22.9. The van der Waals surface area contributed by atoms with Crippen LogP contribution in [0.2, 0.25) is 0 Å². The molecule has 1 aromatic heterocycles. The first kappa shape index (κ1) is 8.37. The Hall–Kier alpha value is -1.23. The van der Waals surface area contributed by atoms with Gasteiger partial charge in [-0.3, -0.25) is 4.79 Å². The van der Waals surface area contributed by atoms with Crippen molar-refractivity contribution >= 4 is 6.29 Å². The minimum absolute atomic E-state index is 0.0700. The zero-order chi connectivity index (χ0) is 9.10. The van der Waals surface area contributed by atoms with Crippen LogP contribution in [0.1, 0.15) is 35.3 Å². The van der Waals surface area contributed by atoms with E-state index in [2.05, 4.69) is 15.5 Å². The van der Waals surface area contributed by atoms with Crippen molar-refractivity contribution < 1.29 is 9.21 Å². The van der Waals surface area contributed by atoms with Crippen LogP contribution in [-0.4, -0.2) is 29.6 Å². The minimum atomic E-state index is 0.0700. The van der Waals surface area contributed by atoms with Crippen molar-refractivity contribution in [3.63, 3.8) is 0 Å². The van der Waals surface area contributed by atoms with E-state index in [1.807, 2.05) is 0 Å². The summed E-state index contributed by atoms with van der Waals surface area (Å²) in [5.41, 5.74) is 0. The number of hydrogen-bond donors (Lipinski definition) is 1. The molecule has 0 aliphatic carbocycles. The fraction of sp³-hybridized carbons (Fsp3) is 0.625. The fourth-order valence-corrected chi connectivity index (χ4v) is 1.52. The molecule has 0 aromatic carbocycles. The van der Waals surface area contributed by atoms with Crippen molar-refractivity contribution in [2.24, 2.45) is 0 Å². The highest BCUT2D eigenvalue weighted by molar-refractivity contribution is 5.66. The molecule has 0 saturated carbocycles. The summed E-state index contributed by atoms with van der Waals surface area (Å²) >= 11 is 0. The van der Waals surface area contributed by atoms with Gasteiger partial charge >= 0.3 is 0 Å². The number of rotatable bonds is 2. The summed E-state index contributed by atoms with van der Waals surface area (Å²) in [6.07, 6.45) is 2.74. The van der Waals surface area contributed by atoms with Crippen LogP contribution in [0.15, 0.2) is 4.42 Å². The van der Waals surface area contributed by atoms with E-state index >= 15 is 0 Å². The molecule has 1 aliphatic heterocycles. The predicted molar refractivity (Wildman–Crippen MR) is 44.5 cm³/mol. The van der Waals surface area contributed by atoms with Crippen molar-refractivity contribution in [2.75, 3.05) is 13.1 Å². The largest absolute Gasteiger partial charge is 0.418 e. The third-order valence-electron chi connectivity index (χ3n) is 2.20. The number of carbonyl (C=O) groups excluding carboxylic acids is 1. The molecule has 1 aliphatic rings. The van der Waals surface area contributed by atoms with Crippen molar-refractivity contribution in [1.29, 1.82) is 0 Å². The van der Waals surface area contributed by atoms with E-state index in [1.165, 1.54) is 0 Å². The molecule has 2 rings (SSSR count). The predicted octanol–water partition coefficient (Wildman–Crippen LogP) is 0.349. The van der Waals surface area contributed by atoms with Crippen LogP contribution in [0.25, 0.3) is 0 Å². The topological polar surface area (TPSA) is 68.0 Å². The maximum Gasteiger partial charge on any atom is 0.280 e. The highest BCUT2D eigenvalue weighted by atomic mass is 16.4. The van der Waals surface area contributed by atoms with Gasteiger partial charge in [0.05, 0.1) is 0 Å². The fourth-order valence-electron chi connectivity index (χ4n) is 1.52. The van der Waals surface area contributed by atoms with Crippen molar-refractivity contribution in [3.8, 4) is 0 Å². The lowest BCUT2D eigenvalue weighted by molar-refractivity contribution is 0.109. The molecule has 1 aromatic rings. The summed E-state index contributed by atoms with van der Waals surface area (Å²) in [5.74, 6) is 0.921. The quantitative estimate of drug-likeness (QED) is 0.667. The smallest absolute Gasteiger partial charge is 0.280 e. The van der Waals surface area contributed by atoms with Crippen molar-refractivity contribution in [3.05, 3.63) is 11.8 Å². The van der Waals surface area contributed by atoms with Crippen LogP contribution in [0.5, 0.6) is 0 Å². The van der Waals surface area contributed by atoms with Gasteiger partial charge in [0.1, 0.15) is 0 Å². The minimum Gasteiger partial charge on any atom is -0.418 e. The second-order valence-corrected chi connectivity index (χ2v) is 3.14. The molecule has 13 heavy (non-hydrogen) atoms. The Labute approximate surface area is 75.5 Å². The van der Waals surface area contributed by atoms with E-state index in [0.717, 1.165) is 25.9 Å². The highest BCUT2D eigenvalue weighted by Crippen LogP contribution is 2.21. The summed E-state index contributed by atoms with van der Waals surface area (Å²) in [7, 11) is 0. The Morgan fingerprint density at radius 2 is 2.46 bits per heavy atom. The lowest BCUT2D eigenvalue weighted by Gasteiger charge is -2.18. The van der Waals surface area contributed by atoms with Crippen LogP contribution < -0.4 is 5.32 Å². The van der Waals surface area contributed by atoms with Crippen LogP contribution in [0, 0.1) is 0 Å². The second-order valence-electron chi connectivity index (χ2n) is 3.14. The van der Waals surface area contributed by atoms with E-state index in [-0.39, 0.29) is 11.8 Å². The zero-order valence-corrected chi connectivity index (χ0v) is 7.19. The van der Waals surface area contributed by atoms with Crippen molar-refractivity contribution in [1.82, 2.24) is 15.5 Å². The Morgan fingerprint density at radius 3 is 3.08 bits per heavy atom. The zero-order valence-electron chi connectivity index (χ0n) is 7.19. The van der Waals surface area contributed by atoms with Crippen LogP contribution in [-0.2, 0) is 0 Å². The number of carbonyl (C=O) groups is 1. The average Bonchev–Trinajstić information content (AvgIpc) is 2.67. The van der Waals surface area contributed by atoms with Gasteiger partial charge < -0.3 is 9.73 Å². The van der Waals surface area contributed by atoms with E-state index in [9.17, 15) is 4.79 Å². The maximum absolute atomic E-state index is 10.3. The summed E-state index contributed by atoms with van der Waals surface area (Å²) in [4.78, 5) is 10.3. The molecule has 5 nitrogen and oxygen atoms in total. The number of aldehydes is 1. The lowest BCUT2D eigenvalue weighted by atomic mass is 10.00. The third kappa shape index (κ3) is 1.75. The number of nitrogens with one attached hydrogen (secondary N) is 1. The molecule has 1 atom stereocenters. The molecule has 0 spiro atoms. The Morgan fingerprint density at radius 1 is 1.54 bits per heavy atom. The summed E-state index contributed by atoms with van der Waals surface area (Å²) in [6, 6.07) is 0. The molecule has 1 N–H and O–H groups in total. The van der Waals surface area contributed by atoms with Gasteiger partial charge in [0, 0.05) is 12.5 Å². The molecule has 0 bridgehead atoms. The van der Waals surface area contributed by atoms with E-state index < -0.39 is 0 Å². The molecule has 0 amide bonds. The average molecular weight is 181 g/mol. The second kappa shape index (κ2) is 3.66. The first-order chi connectivity index (χ1) is 6.40. The highest BCUT2D eigenvalue weighted by Gasteiger charge is 2.20. The number of nitrogens with zero attached hydrogens (tertiary/aromatic N) is 2. The Balaban J connectivity index is 2.09. The molecular weight excluding hydrogens is 170 g/mol. The lowest BCUT2D eigenvalue weighted by Crippen LogP contribution is -2.28. The van der Waals surface area contributed by atoms with Crippen molar-refractivity contribution in [2.45, 2.75) is 18.8 Å². The van der Waals surface area contributed by atoms with E-state index in [0.29, 0.717) is 12.2 Å². The first-order valence-electron chi connectivity index (χ1n) is 4.39. The van der Waals surface area contributed by atoms with Gasteiger partial charge in [-0.05, 0) is 19.4 Å². The SMILES string of the molecule is O=Cc1nnc(C2CCCNC2)o1. The maximum atomic E-state index is 10.3. The molecule has 70 valence electrons.